The number of carbonyl (C=O) groups excluding carboxylic acids is 1. The Balaban J connectivity index is 2.84. The third kappa shape index (κ3) is 3.26. The molecular formula is C12H20O2. The topological polar surface area (TPSA) is 37.3 Å². The third-order valence-electron chi connectivity index (χ3n) is 2.54. The maximum absolute atomic E-state index is 11.6. The molecule has 1 aliphatic carbocycles. The van der Waals surface area contributed by atoms with Crippen LogP contribution in [0.25, 0.3) is 0 Å². The Morgan fingerprint density at radius 3 is 2.57 bits per heavy atom. The lowest BCUT2D eigenvalue weighted by Crippen LogP contribution is -2.26. The van der Waals surface area contributed by atoms with Crippen LogP contribution >= 0.6 is 0 Å². The average Bonchev–Trinajstić information content (AvgIpc) is 1.93. The minimum atomic E-state index is -0.783. The van der Waals surface area contributed by atoms with E-state index in [0.29, 0.717) is 12.8 Å². The molecule has 1 rings (SSSR count). The molecule has 0 saturated carbocycles. The minimum absolute atomic E-state index is 0.106. The van der Waals surface area contributed by atoms with Gasteiger partial charge in [-0.05, 0) is 31.3 Å². The normalized spacial score (nSPS) is 22.1. The van der Waals surface area contributed by atoms with Crippen LogP contribution in [0.4, 0.5) is 0 Å². The number of rotatable bonds is 2. The Hall–Kier alpha value is -0.630. The van der Waals surface area contributed by atoms with Gasteiger partial charge in [-0.1, -0.05) is 19.9 Å². The van der Waals surface area contributed by atoms with Gasteiger partial charge < -0.3 is 5.11 Å². The predicted octanol–water partition coefficient (Wildman–Crippen LogP) is 2.46. The largest absolute Gasteiger partial charge is 0.390 e. The smallest absolute Gasteiger partial charge is 0.158 e. The first-order valence-electron chi connectivity index (χ1n) is 5.17. The molecule has 1 N–H and O–H groups in total. The zero-order chi connectivity index (χ0) is 11.0. The Kier molecular flexibility index (Phi) is 2.86. The van der Waals surface area contributed by atoms with Gasteiger partial charge in [0.1, 0.15) is 0 Å². The number of aliphatic hydroxyl groups is 1. The highest BCUT2D eigenvalue weighted by Crippen LogP contribution is 2.34. The molecule has 0 fully saturated rings. The van der Waals surface area contributed by atoms with Crippen molar-refractivity contribution in [2.24, 2.45) is 5.41 Å². The molecule has 0 atom stereocenters. The Morgan fingerprint density at radius 1 is 1.50 bits per heavy atom. The van der Waals surface area contributed by atoms with E-state index in [0.717, 1.165) is 12.0 Å². The summed E-state index contributed by atoms with van der Waals surface area (Å²) in [7, 11) is 0. The van der Waals surface area contributed by atoms with Crippen LogP contribution in [0.15, 0.2) is 11.6 Å². The maximum Gasteiger partial charge on any atom is 0.158 e. The Bertz CT molecular complexity index is 267. The summed E-state index contributed by atoms with van der Waals surface area (Å²) in [5, 5.41) is 9.66. The molecule has 0 aliphatic heterocycles. The fourth-order valence-electron chi connectivity index (χ4n) is 1.84. The van der Waals surface area contributed by atoms with Gasteiger partial charge >= 0.3 is 0 Å². The van der Waals surface area contributed by atoms with E-state index in [-0.39, 0.29) is 11.2 Å². The monoisotopic (exact) mass is 196 g/mol. The summed E-state index contributed by atoms with van der Waals surface area (Å²) in [6, 6.07) is 0. The number of hydrogen-bond donors (Lipinski definition) is 1. The number of allylic oxidation sites excluding steroid dienone is 1. The van der Waals surface area contributed by atoms with E-state index >= 15 is 0 Å². The second-order valence-electron chi connectivity index (χ2n) is 5.57. The van der Waals surface area contributed by atoms with Crippen LogP contribution in [0.5, 0.6) is 0 Å². The molecule has 0 radical (unpaired) electrons. The standard InChI is InChI=1S/C12H20O2/c1-11(2)6-5-10(13)9(7-11)8-12(3,4)14/h7,14H,5-6,8H2,1-4H3. The van der Waals surface area contributed by atoms with Crippen molar-refractivity contribution >= 4 is 5.78 Å². The summed E-state index contributed by atoms with van der Waals surface area (Å²) in [5.74, 6) is 0.200. The second kappa shape index (κ2) is 3.50. The Labute approximate surface area is 86.0 Å². The van der Waals surface area contributed by atoms with Crippen LogP contribution in [0.2, 0.25) is 0 Å². The van der Waals surface area contributed by atoms with E-state index in [1.165, 1.54) is 0 Å². The molecule has 0 spiro atoms. The molecule has 14 heavy (non-hydrogen) atoms. The molecule has 0 aromatic heterocycles. The summed E-state index contributed by atoms with van der Waals surface area (Å²) in [5.41, 5.74) is 0.123. The van der Waals surface area contributed by atoms with E-state index in [2.05, 4.69) is 13.8 Å². The maximum atomic E-state index is 11.6. The lowest BCUT2D eigenvalue weighted by Gasteiger charge is -2.29. The molecule has 0 aromatic rings. The zero-order valence-electron chi connectivity index (χ0n) is 9.55. The van der Waals surface area contributed by atoms with Gasteiger partial charge in [-0.25, -0.2) is 0 Å². The fraction of sp³-hybridized carbons (Fsp3) is 0.750. The van der Waals surface area contributed by atoms with Crippen molar-refractivity contribution < 1.29 is 9.90 Å². The lowest BCUT2D eigenvalue weighted by atomic mass is 9.77. The molecule has 1 aliphatic rings. The average molecular weight is 196 g/mol. The van der Waals surface area contributed by atoms with E-state index in [1.807, 2.05) is 6.08 Å². The molecule has 0 bridgehead atoms. The van der Waals surface area contributed by atoms with Crippen LogP contribution < -0.4 is 0 Å². The van der Waals surface area contributed by atoms with Gasteiger partial charge in [0.15, 0.2) is 5.78 Å². The minimum Gasteiger partial charge on any atom is -0.390 e. The van der Waals surface area contributed by atoms with Gasteiger partial charge in [0.05, 0.1) is 5.60 Å². The van der Waals surface area contributed by atoms with Crippen molar-refractivity contribution in [3.63, 3.8) is 0 Å². The molecule has 0 unspecified atom stereocenters. The van der Waals surface area contributed by atoms with E-state index in [9.17, 15) is 9.90 Å². The van der Waals surface area contributed by atoms with Crippen molar-refractivity contribution in [1.29, 1.82) is 0 Å². The van der Waals surface area contributed by atoms with Gasteiger partial charge in [0, 0.05) is 12.8 Å². The molecule has 0 heterocycles. The van der Waals surface area contributed by atoms with Crippen molar-refractivity contribution in [3.05, 3.63) is 11.6 Å². The first kappa shape index (κ1) is 11.4. The first-order chi connectivity index (χ1) is 6.20. The van der Waals surface area contributed by atoms with Crippen LogP contribution in [-0.2, 0) is 4.79 Å². The molecule has 2 nitrogen and oxygen atoms in total. The highest BCUT2D eigenvalue weighted by molar-refractivity contribution is 5.96. The zero-order valence-corrected chi connectivity index (χ0v) is 9.55. The fourth-order valence-corrected chi connectivity index (χ4v) is 1.84. The molecule has 80 valence electrons. The van der Waals surface area contributed by atoms with Gasteiger partial charge in [-0.3, -0.25) is 4.79 Å². The first-order valence-corrected chi connectivity index (χ1v) is 5.17. The van der Waals surface area contributed by atoms with Crippen molar-refractivity contribution in [3.8, 4) is 0 Å². The van der Waals surface area contributed by atoms with Crippen molar-refractivity contribution in [2.45, 2.75) is 52.6 Å². The molecule has 0 saturated heterocycles. The number of hydrogen-bond acceptors (Lipinski definition) is 2. The van der Waals surface area contributed by atoms with Gasteiger partial charge in [-0.2, -0.15) is 0 Å². The quantitative estimate of drug-likeness (QED) is 0.736. The van der Waals surface area contributed by atoms with Crippen molar-refractivity contribution in [1.82, 2.24) is 0 Å². The van der Waals surface area contributed by atoms with Gasteiger partial charge in [0.25, 0.3) is 0 Å². The van der Waals surface area contributed by atoms with Crippen LogP contribution in [0.1, 0.15) is 47.0 Å². The van der Waals surface area contributed by atoms with Gasteiger partial charge in [0.2, 0.25) is 0 Å². The SMILES string of the molecule is CC(C)(O)CC1=CC(C)(C)CCC1=O. The summed E-state index contributed by atoms with van der Waals surface area (Å²) in [4.78, 5) is 11.6. The number of carbonyl (C=O) groups is 1. The molecule has 0 amide bonds. The van der Waals surface area contributed by atoms with Crippen LogP contribution in [0, 0.1) is 5.41 Å². The summed E-state index contributed by atoms with van der Waals surface area (Å²) < 4.78 is 0. The number of ketones is 1. The lowest BCUT2D eigenvalue weighted by molar-refractivity contribution is -0.117. The predicted molar refractivity (Wildman–Crippen MR) is 57.0 cm³/mol. The third-order valence-corrected chi connectivity index (χ3v) is 2.54. The van der Waals surface area contributed by atoms with E-state index < -0.39 is 5.60 Å². The summed E-state index contributed by atoms with van der Waals surface area (Å²) in [6.07, 6.45) is 4.03. The highest BCUT2D eigenvalue weighted by atomic mass is 16.3. The van der Waals surface area contributed by atoms with E-state index in [1.54, 1.807) is 13.8 Å². The van der Waals surface area contributed by atoms with Crippen LogP contribution in [-0.4, -0.2) is 16.5 Å². The number of Topliss-reactive ketones (excluding diaryl/α,β-unsaturated/α-hetero) is 1. The second-order valence-corrected chi connectivity index (χ2v) is 5.57. The molecular weight excluding hydrogens is 176 g/mol. The summed E-state index contributed by atoms with van der Waals surface area (Å²) in [6.45, 7) is 7.74. The van der Waals surface area contributed by atoms with E-state index in [4.69, 9.17) is 0 Å². The van der Waals surface area contributed by atoms with Crippen LogP contribution in [0.3, 0.4) is 0 Å². The van der Waals surface area contributed by atoms with Gasteiger partial charge in [-0.15, -0.1) is 0 Å². The van der Waals surface area contributed by atoms with Crippen molar-refractivity contribution in [2.75, 3.05) is 0 Å². The molecule has 2 heteroatoms. The summed E-state index contributed by atoms with van der Waals surface area (Å²) >= 11 is 0. The highest BCUT2D eigenvalue weighted by Gasteiger charge is 2.28. The Morgan fingerprint density at radius 2 is 2.07 bits per heavy atom. The molecule has 0 aromatic carbocycles.